The minimum Gasteiger partial charge on any atom is -0.490 e. The molecule has 0 N–H and O–H groups in total. The van der Waals surface area contributed by atoms with Crippen molar-refractivity contribution in [3.8, 4) is 11.4 Å². The lowest BCUT2D eigenvalue weighted by Crippen LogP contribution is -2.23. The largest absolute Gasteiger partial charge is 0.490 e. The number of hydrogen-bond donors (Lipinski definition) is 0. The van der Waals surface area contributed by atoms with Crippen molar-refractivity contribution in [2.45, 2.75) is 20.3 Å². The Morgan fingerprint density at radius 1 is 1.13 bits per heavy atom. The van der Waals surface area contributed by atoms with E-state index in [0.717, 1.165) is 11.4 Å². The molecule has 1 aliphatic rings. The Labute approximate surface area is 131 Å². The third kappa shape index (κ3) is 2.02. The predicted octanol–water partition coefficient (Wildman–Crippen LogP) is 2.47. The topological polar surface area (TPSA) is 57.0 Å². The third-order valence-electron chi connectivity index (χ3n) is 4.13. The molecule has 4 rings (SSSR count). The Morgan fingerprint density at radius 3 is 2.57 bits per heavy atom. The van der Waals surface area contributed by atoms with Crippen LogP contribution in [0, 0.1) is 19.7 Å². The minimum atomic E-state index is -0.353. The molecule has 0 aliphatic carbocycles. The van der Waals surface area contributed by atoms with Gasteiger partial charge in [-0.05, 0) is 38.1 Å². The van der Waals surface area contributed by atoms with Crippen LogP contribution in [0.2, 0.25) is 0 Å². The zero-order chi connectivity index (χ0) is 16.1. The molecule has 3 heterocycles. The van der Waals surface area contributed by atoms with Crippen LogP contribution in [-0.2, 0) is 6.42 Å². The van der Waals surface area contributed by atoms with Crippen molar-refractivity contribution in [2.75, 3.05) is 6.61 Å². The fourth-order valence-electron chi connectivity index (χ4n) is 2.83. The fourth-order valence-corrected chi connectivity index (χ4v) is 2.83. The fraction of sp³-hybridized carbons (Fsp3) is 0.235. The predicted molar refractivity (Wildman–Crippen MR) is 83.8 cm³/mol. The van der Waals surface area contributed by atoms with Gasteiger partial charge in [-0.3, -0.25) is 9.36 Å². The summed E-state index contributed by atoms with van der Waals surface area (Å²) in [4.78, 5) is 22.0. The van der Waals surface area contributed by atoms with E-state index in [9.17, 15) is 9.18 Å². The highest BCUT2D eigenvalue weighted by Crippen LogP contribution is 2.31. The smallest absolute Gasteiger partial charge is 0.263 e. The number of fused-ring (bicyclic) bond motifs is 3. The van der Waals surface area contributed by atoms with Gasteiger partial charge >= 0.3 is 0 Å². The minimum absolute atomic E-state index is 0.186. The van der Waals surface area contributed by atoms with Gasteiger partial charge < -0.3 is 4.74 Å². The average molecular weight is 311 g/mol. The summed E-state index contributed by atoms with van der Waals surface area (Å²) in [7, 11) is 0. The van der Waals surface area contributed by atoms with Crippen LogP contribution in [0.5, 0.6) is 5.75 Å². The summed E-state index contributed by atoms with van der Waals surface area (Å²) in [5.41, 5.74) is 3.52. The van der Waals surface area contributed by atoms with Crippen LogP contribution >= 0.6 is 0 Å². The number of benzene rings is 1. The molecule has 0 unspecified atom stereocenters. The number of rotatable bonds is 1. The SMILES string of the molecule is Cc1nc2c3c(c(=O)n(-c4ccc(F)cc4)c2nc1C)CCO3. The molecule has 0 saturated heterocycles. The number of aromatic nitrogens is 3. The first kappa shape index (κ1) is 13.9. The van der Waals surface area contributed by atoms with Crippen LogP contribution in [0.4, 0.5) is 4.39 Å². The maximum atomic E-state index is 13.2. The molecule has 1 aliphatic heterocycles. The van der Waals surface area contributed by atoms with E-state index in [0.29, 0.717) is 41.2 Å². The molecule has 0 amide bonds. The van der Waals surface area contributed by atoms with Crippen LogP contribution in [0.25, 0.3) is 16.9 Å². The average Bonchev–Trinajstić information content (AvgIpc) is 3.01. The van der Waals surface area contributed by atoms with Crippen LogP contribution in [-0.4, -0.2) is 21.1 Å². The highest BCUT2D eigenvalue weighted by molar-refractivity contribution is 5.82. The van der Waals surface area contributed by atoms with Gasteiger partial charge in [-0.15, -0.1) is 0 Å². The standard InChI is InChI=1S/C17H14FN3O2/c1-9-10(2)20-16-14(19-9)15-13(7-8-23-15)17(22)21(16)12-5-3-11(18)4-6-12/h3-6H,7-8H2,1-2H3. The molecule has 3 aromatic rings. The lowest BCUT2D eigenvalue weighted by atomic mass is 10.2. The summed E-state index contributed by atoms with van der Waals surface area (Å²) in [6.45, 7) is 4.17. The third-order valence-corrected chi connectivity index (χ3v) is 4.13. The van der Waals surface area contributed by atoms with E-state index in [1.165, 1.54) is 16.7 Å². The van der Waals surface area contributed by atoms with E-state index < -0.39 is 0 Å². The Hall–Kier alpha value is -2.76. The zero-order valence-electron chi connectivity index (χ0n) is 12.8. The van der Waals surface area contributed by atoms with E-state index >= 15 is 0 Å². The Bertz CT molecular complexity index is 994. The summed E-state index contributed by atoms with van der Waals surface area (Å²) in [6.07, 6.45) is 0.542. The van der Waals surface area contributed by atoms with E-state index in [-0.39, 0.29) is 11.4 Å². The quantitative estimate of drug-likeness (QED) is 0.693. The van der Waals surface area contributed by atoms with Crippen molar-refractivity contribution < 1.29 is 9.13 Å². The molecule has 0 radical (unpaired) electrons. The summed E-state index contributed by atoms with van der Waals surface area (Å²) in [6, 6.07) is 5.78. The molecule has 0 atom stereocenters. The maximum Gasteiger partial charge on any atom is 0.263 e. The van der Waals surface area contributed by atoms with Gasteiger partial charge in [0.15, 0.2) is 11.4 Å². The van der Waals surface area contributed by atoms with Crippen LogP contribution < -0.4 is 10.3 Å². The molecule has 1 aromatic carbocycles. The molecule has 0 spiro atoms. The Balaban J connectivity index is 2.17. The molecule has 116 valence electrons. The van der Waals surface area contributed by atoms with E-state index in [1.807, 2.05) is 13.8 Å². The number of aryl methyl sites for hydroxylation is 2. The van der Waals surface area contributed by atoms with Crippen molar-refractivity contribution in [1.29, 1.82) is 0 Å². The summed E-state index contributed by atoms with van der Waals surface area (Å²) < 4.78 is 20.3. The van der Waals surface area contributed by atoms with Gasteiger partial charge in [0.1, 0.15) is 11.3 Å². The van der Waals surface area contributed by atoms with Crippen molar-refractivity contribution in [3.05, 3.63) is 57.4 Å². The normalized spacial score (nSPS) is 13.2. The number of pyridine rings is 1. The van der Waals surface area contributed by atoms with Crippen molar-refractivity contribution in [3.63, 3.8) is 0 Å². The van der Waals surface area contributed by atoms with Crippen molar-refractivity contribution >= 4 is 11.2 Å². The van der Waals surface area contributed by atoms with Gasteiger partial charge in [-0.25, -0.2) is 14.4 Å². The molecule has 5 nitrogen and oxygen atoms in total. The van der Waals surface area contributed by atoms with Crippen molar-refractivity contribution in [1.82, 2.24) is 14.5 Å². The molecular weight excluding hydrogens is 297 g/mol. The number of ether oxygens (including phenoxy) is 1. The number of halogens is 1. The molecule has 0 fully saturated rings. The second-order valence-corrected chi connectivity index (χ2v) is 5.59. The first-order valence-electron chi connectivity index (χ1n) is 7.38. The molecule has 0 bridgehead atoms. The highest BCUT2D eigenvalue weighted by atomic mass is 19.1. The Morgan fingerprint density at radius 2 is 1.83 bits per heavy atom. The summed E-state index contributed by atoms with van der Waals surface area (Å²) in [5, 5.41) is 0. The van der Waals surface area contributed by atoms with Gasteiger partial charge in [-0.2, -0.15) is 0 Å². The highest BCUT2D eigenvalue weighted by Gasteiger charge is 2.25. The lowest BCUT2D eigenvalue weighted by molar-refractivity contribution is 0.359. The number of hydrogen-bond acceptors (Lipinski definition) is 4. The van der Waals surface area contributed by atoms with E-state index in [2.05, 4.69) is 9.97 Å². The second-order valence-electron chi connectivity index (χ2n) is 5.59. The van der Waals surface area contributed by atoms with E-state index in [4.69, 9.17) is 4.74 Å². The van der Waals surface area contributed by atoms with Crippen molar-refractivity contribution in [2.24, 2.45) is 0 Å². The van der Waals surface area contributed by atoms with Gasteiger partial charge in [0, 0.05) is 6.42 Å². The first-order valence-corrected chi connectivity index (χ1v) is 7.38. The monoisotopic (exact) mass is 311 g/mol. The lowest BCUT2D eigenvalue weighted by Gasteiger charge is -2.13. The molecular formula is C17H14FN3O2. The summed E-state index contributed by atoms with van der Waals surface area (Å²) in [5.74, 6) is 0.174. The summed E-state index contributed by atoms with van der Waals surface area (Å²) >= 11 is 0. The molecule has 23 heavy (non-hydrogen) atoms. The zero-order valence-corrected chi connectivity index (χ0v) is 12.8. The van der Waals surface area contributed by atoms with Crippen LogP contribution in [0.1, 0.15) is 17.0 Å². The van der Waals surface area contributed by atoms with Crippen LogP contribution in [0.15, 0.2) is 29.1 Å². The Kier molecular flexibility index (Phi) is 2.94. The molecule has 0 saturated carbocycles. The van der Waals surface area contributed by atoms with E-state index in [1.54, 1.807) is 12.1 Å². The molecule has 6 heteroatoms. The maximum absolute atomic E-state index is 13.2. The second kappa shape index (κ2) is 4.87. The van der Waals surface area contributed by atoms with Gasteiger partial charge in [-0.1, -0.05) is 0 Å². The molecule has 2 aromatic heterocycles. The van der Waals surface area contributed by atoms with Gasteiger partial charge in [0.2, 0.25) is 0 Å². The van der Waals surface area contributed by atoms with Gasteiger partial charge in [0.05, 0.1) is 29.2 Å². The van der Waals surface area contributed by atoms with Crippen LogP contribution in [0.3, 0.4) is 0 Å². The first-order chi connectivity index (χ1) is 11.1. The number of nitrogens with zero attached hydrogens (tertiary/aromatic N) is 3. The van der Waals surface area contributed by atoms with Gasteiger partial charge in [0.25, 0.3) is 5.56 Å².